The fraction of sp³-hybridized carbons (Fsp3) is 0.875. The third-order valence-corrected chi connectivity index (χ3v) is 4.43. The van der Waals surface area contributed by atoms with E-state index in [2.05, 4.69) is 26.1 Å². The van der Waals surface area contributed by atoms with Crippen molar-refractivity contribution < 1.29 is 9.59 Å². The van der Waals surface area contributed by atoms with Gasteiger partial charge in [-0.2, -0.15) is 0 Å². The summed E-state index contributed by atoms with van der Waals surface area (Å²) in [6, 6.07) is 0.278. The van der Waals surface area contributed by atoms with Crippen LogP contribution < -0.4 is 5.32 Å². The molecule has 20 heavy (non-hydrogen) atoms. The molecule has 2 amide bonds. The SMILES string of the molecule is CC1CCC(C(C)C)C(NC(=O)CCC(=O)N(C)C)C1. The van der Waals surface area contributed by atoms with E-state index in [0.717, 1.165) is 6.42 Å². The van der Waals surface area contributed by atoms with Gasteiger partial charge in [0.05, 0.1) is 0 Å². The van der Waals surface area contributed by atoms with Gasteiger partial charge in [0, 0.05) is 33.0 Å². The van der Waals surface area contributed by atoms with E-state index >= 15 is 0 Å². The zero-order valence-electron chi connectivity index (χ0n) is 13.6. The van der Waals surface area contributed by atoms with Gasteiger partial charge in [-0.3, -0.25) is 9.59 Å². The molecule has 1 rings (SSSR count). The van der Waals surface area contributed by atoms with Crippen molar-refractivity contribution in [2.75, 3.05) is 14.1 Å². The Hall–Kier alpha value is -1.06. The summed E-state index contributed by atoms with van der Waals surface area (Å²) in [6.07, 6.45) is 4.12. The average molecular weight is 282 g/mol. The topological polar surface area (TPSA) is 49.4 Å². The minimum Gasteiger partial charge on any atom is -0.353 e. The maximum atomic E-state index is 12.0. The van der Waals surface area contributed by atoms with E-state index in [1.165, 1.54) is 17.7 Å². The molecule has 0 radical (unpaired) electrons. The normalized spacial score (nSPS) is 26.4. The molecule has 3 atom stereocenters. The van der Waals surface area contributed by atoms with Gasteiger partial charge < -0.3 is 10.2 Å². The first-order chi connectivity index (χ1) is 9.31. The van der Waals surface area contributed by atoms with Crippen LogP contribution in [0.3, 0.4) is 0 Å². The van der Waals surface area contributed by atoms with E-state index in [-0.39, 0.29) is 17.9 Å². The fourth-order valence-electron chi connectivity index (χ4n) is 3.09. The summed E-state index contributed by atoms with van der Waals surface area (Å²) in [5.41, 5.74) is 0. The number of hydrogen-bond acceptors (Lipinski definition) is 2. The molecule has 3 unspecified atom stereocenters. The molecule has 1 saturated carbocycles. The third-order valence-electron chi connectivity index (χ3n) is 4.43. The molecule has 0 aromatic rings. The summed E-state index contributed by atoms with van der Waals surface area (Å²) < 4.78 is 0. The van der Waals surface area contributed by atoms with Crippen LogP contribution in [0.2, 0.25) is 0 Å². The molecule has 0 heterocycles. The number of hydrogen-bond donors (Lipinski definition) is 1. The standard InChI is InChI=1S/C16H30N2O2/c1-11(2)13-7-6-12(3)10-14(13)17-15(19)8-9-16(20)18(4)5/h11-14H,6-10H2,1-5H3,(H,17,19). The van der Waals surface area contributed by atoms with Crippen LogP contribution in [-0.2, 0) is 9.59 Å². The van der Waals surface area contributed by atoms with Crippen molar-refractivity contribution in [1.29, 1.82) is 0 Å². The van der Waals surface area contributed by atoms with E-state index < -0.39 is 0 Å². The maximum absolute atomic E-state index is 12.0. The summed E-state index contributed by atoms with van der Waals surface area (Å²) in [5.74, 6) is 1.87. The molecule has 0 saturated heterocycles. The Morgan fingerprint density at radius 3 is 2.40 bits per heavy atom. The molecule has 0 spiro atoms. The van der Waals surface area contributed by atoms with E-state index in [4.69, 9.17) is 0 Å². The number of carbonyl (C=O) groups is 2. The first kappa shape index (κ1) is 17.0. The molecule has 0 bridgehead atoms. The molecule has 0 aliphatic heterocycles. The highest BCUT2D eigenvalue weighted by molar-refractivity contribution is 5.83. The molecule has 1 fully saturated rings. The summed E-state index contributed by atoms with van der Waals surface area (Å²) in [5, 5.41) is 3.17. The molecular formula is C16H30N2O2. The Morgan fingerprint density at radius 1 is 1.20 bits per heavy atom. The van der Waals surface area contributed by atoms with Crippen molar-refractivity contribution in [3.63, 3.8) is 0 Å². The quantitative estimate of drug-likeness (QED) is 0.842. The van der Waals surface area contributed by atoms with Gasteiger partial charge in [0.2, 0.25) is 11.8 Å². The van der Waals surface area contributed by atoms with Gasteiger partial charge in [-0.15, -0.1) is 0 Å². The summed E-state index contributed by atoms with van der Waals surface area (Å²) >= 11 is 0. The zero-order chi connectivity index (χ0) is 15.3. The summed E-state index contributed by atoms with van der Waals surface area (Å²) in [6.45, 7) is 6.72. The van der Waals surface area contributed by atoms with E-state index in [0.29, 0.717) is 30.6 Å². The summed E-state index contributed by atoms with van der Waals surface area (Å²) in [4.78, 5) is 25.1. The Balaban J connectivity index is 2.47. The van der Waals surface area contributed by atoms with Gasteiger partial charge in [0.15, 0.2) is 0 Å². The molecule has 1 aliphatic rings. The first-order valence-electron chi connectivity index (χ1n) is 7.80. The van der Waals surface area contributed by atoms with Gasteiger partial charge in [-0.25, -0.2) is 0 Å². The predicted molar refractivity (Wildman–Crippen MR) is 81.2 cm³/mol. The third kappa shape index (κ3) is 5.14. The zero-order valence-corrected chi connectivity index (χ0v) is 13.6. The monoisotopic (exact) mass is 282 g/mol. The Morgan fingerprint density at radius 2 is 1.85 bits per heavy atom. The van der Waals surface area contributed by atoms with Crippen LogP contribution in [0.15, 0.2) is 0 Å². The van der Waals surface area contributed by atoms with Gasteiger partial charge in [0.1, 0.15) is 0 Å². The number of amides is 2. The van der Waals surface area contributed by atoms with Crippen LogP contribution in [0, 0.1) is 17.8 Å². The second-order valence-electron chi connectivity index (χ2n) is 6.79. The van der Waals surface area contributed by atoms with Crippen molar-refractivity contribution >= 4 is 11.8 Å². The number of carbonyl (C=O) groups excluding carboxylic acids is 2. The largest absolute Gasteiger partial charge is 0.353 e. The fourth-order valence-corrected chi connectivity index (χ4v) is 3.09. The van der Waals surface area contributed by atoms with Crippen LogP contribution in [0.5, 0.6) is 0 Å². The summed E-state index contributed by atoms with van der Waals surface area (Å²) in [7, 11) is 3.44. The van der Waals surface area contributed by atoms with Crippen molar-refractivity contribution in [3.05, 3.63) is 0 Å². The van der Waals surface area contributed by atoms with Crippen molar-refractivity contribution in [2.45, 2.75) is 58.9 Å². The van der Waals surface area contributed by atoms with Gasteiger partial charge in [-0.1, -0.05) is 27.2 Å². The molecule has 1 N–H and O–H groups in total. The lowest BCUT2D eigenvalue weighted by atomic mass is 9.74. The molecule has 116 valence electrons. The highest BCUT2D eigenvalue weighted by Gasteiger charge is 2.31. The Kier molecular flexibility index (Phi) is 6.50. The molecule has 4 heteroatoms. The van der Waals surface area contributed by atoms with Crippen molar-refractivity contribution in [2.24, 2.45) is 17.8 Å². The lowest BCUT2D eigenvalue weighted by Crippen LogP contribution is -2.45. The van der Waals surface area contributed by atoms with Crippen molar-refractivity contribution in [3.8, 4) is 0 Å². The van der Waals surface area contributed by atoms with Crippen LogP contribution in [-0.4, -0.2) is 36.9 Å². The number of rotatable bonds is 5. The van der Waals surface area contributed by atoms with E-state index in [1.807, 2.05) is 0 Å². The lowest BCUT2D eigenvalue weighted by Gasteiger charge is -2.37. The minimum absolute atomic E-state index is 0.0116. The van der Waals surface area contributed by atoms with Crippen LogP contribution in [0.4, 0.5) is 0 Å². The lowest BCUT2D eigenvalue weighted by molar-refractivity contribution is -0.132. The van der Waals surface area contributed by atoms with Crippen LogP contribution in [0.25, 0.3) is 0 Å². The van der Waals surface area contributed by atoms with Gasteiger partial charge in [0.25, 0.3) is 0 Å². The predicted octanol–water partition coefficient (Wildman–Crippen LogP) is 2.43. The smallest absolute Gasteiger partial charge is 0.222 e. The van der Waals surface area contributed by atoms with Crippen LogP contribution >= 0.6 is 0 Å². The molecule has 1 aliphatic carbocycles. The van der Waals surface area contributed by atoms with Gasteiger partial charge in [-0.05, 0) is 30.6 Å². The maximum Gasteiger partial charge on any atom is 0.222 e. The second-order valence-corrected chi connectivity index (χ2v) is 6.79. The molecule has 0 aromatic heterocycles. The van der Waals surface area contributed by atoms with Gasteiger partial charge >= 0.3 is 0 Å². The second kappa shape index (κ2) is 7.65. The molecular weight excluding hydrogens is 252 g/mol. The highest BCUT2D eigenvalue weighted by Crippen LogP contribution is 2.33. The first-order valence-corrected chi connectivity index (χ1v) is 7.80. The number of nitrogens with zero attached hydrogens (tertiary/aromatic N) is 1. The Labute approximate surface area is 123 Å². The van der Waals surface area contributed by atoms with Crippen LogP contribution in [0.1, 0.15) is 52.9 Å². The number of nitrogens with one attached hydrogen (secondary N) is 1. The minimum atomic E-state index is 0.0116. The molecule has 4 nitrogen and oxygen atoms in total. The van der Waals surface area contributed by atoms with E-state index in [1.54, 1.807) is 14.1 Å². The highest BCUT2D eigenvalue weighted by atomic mass is 16.2. The average Bonchev–Trinajstić information content (AvgIpc) is 2.35. The molecule has 0 aromatic carbocycles. The van der Waals surface area contributed by atoms with E-state index in [9.17, 15) is 9.59 Å². The van der Waals surface area contributed by atoms with Crippen molar-refractivity contribution in [1.82, 2.24) is 10.2 Å². The Bertz CT molecular complexity index is 339.